The summed E-state index contributed by atoms with van der Waals surface area (Å²) < 4.78 is 0.797. The third kappa shape index (κ3) is 2.57. The normalized spacial score (nSPS) is 16.1. The highest BCUT2D eigenvalue weighted by atomic mass is 16.4. The van der Waals surface area contributed by atoms with Crippen molar-refractivity contribution in [1.29, 1.82) is 0 Å². The molecule has 3 N–H and O–H groups in total. The van der Waals surface area contributed by atoms with Crippen molar-refractivity contribution in [2.24, 2.45) is 11.7 Å². The van der Waals surface area contributed by atoms with E-state index in [1.807, 2.05) is 12.1 Å². The van der Waals surface area contributed by atoms with Gasteiger partial charge < -0.3 is 15.7 Å². The second kappa shape index (κ2) is 5.81. The smallest absolute Gasteiger partial charge is 0.419 e. The van der Waals surface area contributed by atoms with Crippen LogP contribution in [-0.4, -0.2) is 35.4 Å². The fourth-order valence-corrected chi connectivity index (χ4v) is 3.04. The molecule has 0 aliphatic carbocycles. The molecule has 0 radical (unpaired) electrons. The van der Waals surface area contributed by atoms with E-state index in [0.717, 1.165) is 41.6 Å². The number of rotatable bonds is 2. The van der Waals surface area contributed by atoms with Gasteiger partial charge in [-0.3, -0.25) is 4.79 Å². The molecule has 0 amide bonds. The number of carboxylic acid groups (broad SMARTS) is 1. The van der Waals surface area contributed by atoms with Crippen LogP contribution in [0.15, 0.2) is 35.1 Å². The van der Waals surface area contributed by atoms with Crippen LogP contribution in [0.4, 0.5) is 10.5 Å². The summed E-state index contributed by atoms with van der Waals surface area (Å²) in [6, 6.07) is 8.55. The standard InChI is InChI=1S/C16H19N3O3/c17-10-11-5-7-18(8-6-11)13-3-1-12-2-4-15(20)19(16(21)22)14(12)9-13/h1-4,9,11H,5-8,10,17H2,(H,21,22). The zero-order chi connectivity index (χ0) is 15.7. The number of piperidine rings is 1. The molecule has 22 heavy (non-hydrogen) atoms. The Morgan fingerprint density at radius 1 is 1.23 bits per heavy atom. The number of nitrogens with zero attached hydrogens (tertiary/aromatic N) is 2. The van der Waals surface area contributed by atoms with Crippen molar-refractivity contribution < 1.29 is 9.90 Å². The van der Waals surface area contributed by atoms with Crippen molar-refractivity contribution in [3.05, 3.63) is 40.7 Å². The maximum Gasteiger partial charge on any atom is 0.419 e. The Morgan fingerprint density at radius 2 is 1.91 bits per heavy atom. The second-order valence-corrected chi connectivity index (χ2v) is 5.70. The van der Waals surface area contributed by atoms with Gasteiger partial charge in [0.15, 0.2) is 0 Å². The molecule has 1 saturated heterocycles. The van der Waals surface area contributed by atoms with Crippen molar-refractivity contribution in [2.45, 2.75) is 12.8 Å². The SMILES string of the molecule is NCC1CCN(c2ccc3ccc(=O)n(C(=O)O)c3c2)CC1. The lowest BCUT2D eigenvalue weighted by Gasteiger charge is -2.33. The number of nitrogens with two attached hydrogens (primary N) is 1. The molecule has 0 atom stereocenters. The number of fused-ring (bicyclic) bond motifs is 1. The molecule has 0 unspecified atom stereocenters. The lowest BCUT2D eigenvalue weighted by atomic mass is 9.96. The van der Waals surface area contributed by atoms with Crippen molar-refractivity contribution in [3.63, 3.8) is 0 Å². The zero-order valence-electron chi connectivity index (χ0n) is 12.2. The van der Waals surface area contributed by atoms with Crippen LogP contribution in [-0.2, 0) is 0 Å². The van der Waals surface area contributed by atoms with Gasteiger partial charge >= 0.3 is 6.09 Å². The van der Waals surface area contributed by atoms with E-state index in [0.29, 0.717) is 18.0 Å². The van der Waals surface area contributed by atoms with Gasteiger partial charge in [-0.1, -0.05) is 6.07 Å². The summed E-state index contributed by atoms with van der Waals surface area (Å²) in [7, 11) is 0. The summed E-state index contributed by atoms with van der Waals surface area (Å²) in [5, 5.41) is 10.0. The Kier molecular flexibility index (Phi) is 3.85. The minimum absolute atomic E-state index is 0.429. The topological polar surface area (TPSA) is 88.6 Å². The molecule has 1 aromatic carbocycles. The predicted molar refractivity (Wildman–Crippen MR) is 85.6 cm³/mol. The third-order valence-electron chi connectivity index (χ3n) is 4.39. The maximum absolute atomic E-state index is 11.8. The zero-order valence-corrected chi connectivity index (χ0v) is 12.2. The van der Waals surface area contributed by atoms with Crippen molar-refractivity contribution in [3.8, 4) is 0 Å². The van der Waals surface area contributed by atoms with Crippen LogP contribution in [0.25, 0.3) is 10.9 Å². The molecular weight excluding hydrogens is 282 g/mol. The molecule has 6 heteroatoms. The summed E-state index contributed by atoms with van der Waals surface area (Å²) in [6.45, 7) is 2.51. The molecule has 0 spiro atoms. The second-order valence-electron chi connectivity index (χ2n) is 5.70. The first-order valence-corrected chi connectivity index (χ1v) is 7.44. The first-order valence-electron chi connectivity index (χ1n) is 7.44. The average Bonchev–Trinajstić information content (AvgIpc) is 2.54. The summed E-state index contributed by atoms with van der Waals surface area (Å²) in [6.07, 6.45) is 0.819. The van der Waals surface area contributed by atoms with E-state index >= 15 is 0 Å². The van der Waals surface area contributed by atoms with E-state index in [-0.39, 0.29) is 0 Å². The first kappa shape index (κ1) is 14.6. The predicted octanol–water partition coefficient (Wildman–Crippen LogP) is 1.70. The van der Waals surface area contributed by atoms with E-state index in [1.165, 1.54) is 6.07 Å². The minimum Gasteiger partial charge on any atom is -0.464 e. The fourth-order valence-electron chi connectivity index (χ4n) is 3.04. The van der Waals surface area contributed by atoms with Crippen LogP contribution < -0.4 is 16.2 Å². The van der Waals surface area contributed by atoms with Gasteiger partial charge in [0.05, 0.1) is 5.52 Å². The van der Waals surface area contributed by atoms with Crippen molar-refractivity contribution in [2.75, 3.05) is 24.5 Å². The highest BCUT2D eigenvalue weighted by molar-refractivity contribution is 5.89. The van der Waals surface area contributed by atoms with E-state index in [2.05, 4.69) is 4.90 Å². The summed E-state index contributed by atoms with van der Waals surface area (Å²) >= 11 is 0. The monoisotopic (exact) mass is 301 g/mol. The van der Waals surface area contributed by atoms with Crippen LogP contribution in [0.1, 0.15) is 12.8 Å². The van der Waals surface area contributed by atoms with Crippen molar-refractivity contribution >= 4 is 22.7 Å². The lowest BCUT2D eigenvalue weighted by Crippen LogP contribution is -2.36. The van der Waals surface area contributed by atoms with E-state index in [9.17, 15) is 14.7 Å². The maximum atomic E-state index is 11.8. The number of carbonyl (C=O) groups is 1. The van der Waals surface area contributed by atoms with Crippen LogP contribution in [0.3, 0.4) is 0 Å². The molecule has 1 aliphatic rings. The Bertz CT molecular complexity index is 761. The van der Waals surface area contributed by atoms with Crippen LogP contribution in [0.5, 0.6) is 0 Å². The van der Waals surface area contributed by atoms with Crippen LogP contribution >= 0.6 is 0 Å². The van der Waals surface area contributed by atoms with Gasteiger partial charge in [0.25, 0.3) is 5.56 Å². The number of pyridine rings is 1. The Hall–Kier alpha value is -2.34. The third-order valence-corrected chi connectivity index (χ3v) is 4.39. The number of hydrogen-bond donors (Lipinski definition) is 2. The molecule has 3 rings (SSSR count). The van der Waals surface area contributed by atoms with Crippen LogP contribution in [0, 0.1) is 5.92 Å². The van der Waals surface area contributed by atoms with Gasteiger partial charge in [-0.15, -0.1) is 0 Å². The van der Waals surface area contributed by atoms with E-state index in [1.54, 1.807) is 12.1 Å². The molecule has 116 valence electrons. The summed E-state index contributed by atoms with van der Waals surface area (Å²) in [5.74, 6) is 0.564. The summed E-state index contributed by atoms with van der Waals surface area (Å²) in [5.41, 5.74) is 6.56. The Balaban J connectivity index is 2.01. The molecule has 1 fully saturated rings. The fraction of sp³-hybridized carbons (Fsp3) is 0.375. The molecule has 1 aliphatic heterocycles. The molecule has 2 heterocycles. The molecule has 0 saturated carbocycles. The highest BCUT2D eigenvalue weighted by Crippen LogP contribution is 2.25. The van der Waals surface area contributed by atoms with Crippen molar-refractivity contribution in [1.82, 2.24) is 4.57 Å². The molecular formula is C16H19N3O3. The van der Waals surface area contributed by atoms with Gasteiger partial charge in [-0.05, 0) is 48.9 Å². The average molecular weight is 301 g/mol. The van der Waals surface area contributed by atoms with Gasteiger partial charge in [-0.2, -0.15) is 0 Å². The number of aromatic nitrogens is 1. The van der Waals surface area contributed by atoms with E-state index < -0.39 is 11.7 Å². The largest absolute Gasteiger partial charge is 0.464 e. The Morgan fingerprint density at radius 3 is 2.55 bits per heavy atom. The number of hydrogen-bond acceptors (Lipinski definition) is 4. The molecule has 2 aromatic rings. The summed E-state index contributed by atoms with van der Waals surface area (Å²) in [4.78, 5) is 25.4. The van der Waals surface area contributed by atoms with Crippen LogP contribution in [0.2, 0.25) is 0 Å². The van der Waals surface area contributed by atoms with Gasteiger partial charge in [0, 0.05) is 24.8 Å². The van der Waals surface area contributed by atoms with Gasteiger partial charge in [0.1, 0.15) is 0 Å². The van der Waals surface area contributed by atoms with E-state index in [4.69, 9.17) is 5.73 Å². The quantitative estimate of drug-likeness (QED) is 0.881. The molecule has 0 bridgehead atoms. The van der Waals surface area contributed by atoms with Gasteiger partial charge in [-0.25, -0.2) is 9.36 Å². The lowest BCUT2D eigenvalue weighted by molar-refractivity contribution is 0.196. The molecule has 1 aromatic heterocycles. The highest BCUT2D eigenvalue weighted by Gasteiger charge is 2.19. The number of anilines is 1. The Labute approximate surface area is 127 Å². The van der Waals surface area contributed by atoms with Gasteiger partial charge in [0.2, 0.25) is 0 Å². The molecule has 6 nitrogen and oxygen atoms in total. The minimum atomic E-state index is -1.26. The number of benzene rings is 1. The first-order chi connectivity index (χ1) is 10.6.